The molecule has 7 nitrogen and oxygen atoms in total. The van der Waals surface area contributed by atoms with Crippen molar-refractivity contribution in [2.75, 3.05) is 18.5 Å². The number of hydrogen-bond acceptors (Lipinski definition) is 6. The molecule has 1 aliphatic carbocycles. The van der Waals surface area contributed by atoms with Gasteiger partial charge in [0.2, 0.25) is 5.82 Å². The van der Waals surface area contributed by atoms with E-state index < -0.39 is 4.92 Å². The van der Waals surface area contributed by atoms with Gasteiger partial charge < -0.3 is 10.1 Å². The fraction of sp³-hybridized carbons (Fsp3) is 0.636. The van der Waals surface area contributed by atoms with Crippen molar-refractivity contribution >= 4 is 11.5 Å². The zero-order chi connectivity index (χ0) is 13.0. The molecule has 18 heavy (non-hydrogen) atoms. The Morgan fingerprint density at radius 3 is 2.94 bits per heavy atom. The monoisotopic (exact) mass is 252 g/mol. The van der Waals surface area contributed by atoms with Crippen molar-refractivity contribution in [1.29, 1.82) is 0 Å². The Morgan fingerprint density at radius 2 is 2.33 bits per heavy atom. The van der Waals surface area contributed by atoms with Crippen LogP contribution < -0.4 is 10.1 Å². The Kier molecular flexibility index (Phi) is 3.91. The van der Waals surface area contributed by atoms with Gasteiger partial charge in [0.25, 0.3) is 5.88 Å². The molecule has 0 aliphatic heterocycles. The molecule has 1 aromatic rings. The van der Waals surface area contributed by atoms with E-state index in [1.54, 1.807) is 0 Å². The second-order valence-electron chi connectivity index (χ2n) is 4.31. The minimum absolute atomic E-state index is 0.0560. The van der Waals surface area contributed by atoms with Crippen LogP contribution in [0.5, 0.6) is 5.88 Å². The summed E-state index contributed by atoms with van der Waals surface area (Å²) in [6.07, 6.45) is 4.40. The maximum absolute atomic E-state index is 11.1. The van der Waals surface area contributed by atoms with Crippen LogP contribution in [0.4, 0.5) is 11.5 Å². The second kappa shape index (κ2) is 5.61. The van der Waals surface area contributed by atoms with Crippen LogP contribution >= 0.6 is 0 Å². The lowest BCUT2D eigenvalue weighted by Crippen LogP contribution is -2.09. The predicted molar refractivity (Wildman–Crippen MR) is 65.7 cm³/mol. The molecule has 1 aliphatic rings. The summed E-state index contributed by atoms with van der Waals surface area (Å²) in [5, 5.41) is 14.0. The van der Waals surface area contributed by atoms with E-state index in [2.05, 4.69) is 15.3 Å². The van der Waals surface area contributed by atoms with Crippen molar-refractivity contribution in [3.05, 3.63) is 16.4 Å². The number of hydrogen-bond donors (Lipinski definition) is 1. The first-order valence-corrected chi connectivity index (χ1v) is 6.08. The highest BCUT2D eigenvalue weighted by atomic mass is 16.6. The Balaban J connectivity index is 2.17. The van der Waals surface area contributed by atoms with E-state index >= 15 is 0 Å². The van der Waals surface area contributed by atoms with Gasteiger partial charge in [-0.05, 0) is 25.2 Å². The normalized spacial score (nSPS) is 14.3. The molecule has 0 atom stereocenters. The van der Waals surface area contributed by atoms with Gasteiger partial charge in [-0.2, -0.15) is 4.98 Å². The number of aromatic nitrogens is 2. The van der Waals surface area contributed by atoms with Gasteiger partial charge in [0.15, 0.2) is 0 Å². The van der Waals surface area contributed by atoms with Crippen molar-refractivity contribution in [2.45, 2.75) is 26.2 Å². The Morgan fingerprint density at radius 1 is 1.56 bits per heavy atom. The van der Waals surface area contributed by atoms with Gasteiger partial charge in [-0.25, -0.2) is 4.98 Å². The molecular formula is C11H16N4O3. The summed E-state index contributed by atoms with van der Waals surface area (Å²) in [6.45, 7) is 3.09. The molecule has 1 heterocycles. The standard InChI is InChI=1S/C11H16N4O3/c1-2-5-12-10-9(15(16)17)11(14-7-13-10)18-6-8-3-4-8/h7-8H,2-6H2,1H3,(H,12,13,14). The van der Waals surface area contributed by atoms with Crippen LogP contribution in [-0.2, 0) is 0 Å². The minimum atomic E-state index is -0.500. The van der Waals surface area contributed by atoms with Crippen LogP contribution in [0.15, 0.2) is 6.33 Å². The molecule has 98 valence electrons. The first-order chi connectivity index (χ1) is 8.72. The molecule has 2 rings (SSSR count). The molecule has 0 spiro atoms. The highest BCUT2D eigenvalue weighted by molar-refractivity contribution is 5.61. The zero-order valence-corrected chi connectivity index (χ0v) is 10.3. The molecule has 0 radical (unpaired) electrons. The molecule has 1 N–H and O–H groups in total. The summed E-state index contributed by atoms with van der Waals surface area (Å²) in [4.78, 5) is 18.3. The second-order valence-corrected chi connectivity index (χ2v) is 4.31. The van der Waals surface area contributed by atoms with E-state index in [0.29, 0.717) is 19.1 Å². The van der Waals surface area contributed by atoms with Gasteiger partial charge in [-0.15, -0.1) is 0 Å². The summed E-state index contributed by atoms with van der Waals surface area (Å²) in [7, 11) is 0. The molecule has 0 unspecified atom stereocenters. The number of nitrogens with zero attached hydrogens (tertiary/aromatic N) is 3. The first-order valence-electron chi connectivity index (χ1n) is 6.08. The van der Waals surface area contributed by atoms with Crippen molar-refractivity contribution in [3.63, 3.8) is 0 Å². The maximum Gasteiger partial charge on any atom is 0.372 e. The molecule has 1 saturated carbocycles. The smallest absolute Gasteiger partial charge is 0.372 e. The van der Waals surface area contributed by atoms with Gasteiger partial charge in [0.05, 0.1) is 11.5 Å². The third-order valence-corrected chi connectivity index (χ3v) is 2.67. The SMILES string of the molecule is CCCNc1ncnc(OCC2CC2)c1[N+](=O)[O-]. The van der Waals surface area contributed by atoms with Crippen LogP contribution in [0.3, 0.4) is 0 Å². The number of ether oxygens (including phenoxy) is 1. The summed E-state index contributed by atoms with van der Waals surface area (Å²) in [6, 6.07) is 0. The largest absolute Gasteiger partial charge is 0.472 e. The van der Waals surface area contributed by atoms with Gasteiger partial charge in [0.1, 0.15) is 6.33 Å². The lowest BCUT2D eigenvalue weighted by Gasteiger charge is -2.08. The molecule has 7 heteroatoms. The summed E-state index contributed by atoms with van der Waals surface area (Å²) >= 11 is 0. The highest BCUT2D eigenvalue weighted by Crippen LogP contribution is 2.34. The summed E-state index contributed by atoms with van der Waals surface area (Å²) in [5.41, 5.74) is -0.174. The van der Waals surface area contributed by atoms with Crippen molar-refractivity contribution in [3.8, 4) is 5.88 Å². The third kappa shape index (κ3) is 3.06. The van der Waals surface area contributed by atoms with Crippen LogP contribution in [0, 0.1) is 16.0 Å². The topological polar surface area (TPSA) is 90.2 Å². The van der Waals surface area contributed by atoms with E-state index in [1.807, 2.05) is 6.92 Å². The number of rotatable bonds is 7. The molecular weight excluding hydrogens is 236 g/mol. The van der Waals surface area contributed by atoms with Gasteiger partial charge >= 0.3 is 5.69 Å². The summed E-state index contributed by atoms with van der Waals surface area (Å²) < 4.78 is 5.41. The summed E-state index contributed by atoms with van der Waals surface area (Å²) in [5.74, 6) is 0.801. The van der Waals surface area contributed by atoms with E-state index in [1.165, 1.54) is 6.33 Å². The fourth-order valence-electron chi connectivity index (χ4n) is 1.49. The Labute approximate surface area is 105 Å². The first kappa shape index (κ1) is 12.5. The number of nitrogens with one attached hydrogen (secondary N) is 1. The average Bonchev–Trinajstić information content (AvgIpc) is 3.17. The molecule has 0 saturated heterocycles. The number of anilines is 1. The van der Waals surface area contributed by atoms with Crippen LogP contribution in [0.2, 0.25) is 0 Å². The van der Waals surface area contributed by atoms with Gasteiger partial charge in [0, 0.05) is 6.54 Å². The van der Waals surface area contributed by atoms with Crippen LogP contribution in [0.1, 0.15) is 26.2 Å². The Hall–Kier alpha value is -1.92. The lowest BCUT2D eigenvalue weighted by molar-refractivity contribution is -0.385. The lowest BCUT2D eigenvalue weighted by atomic mass is 10.4. The van der Waals surface area contributed by atoms with E-state index in [-0.39, 0.29) is 17.4 Å². The highest BCUT2D eigenvalue weighted by Gasteiger charge is 2.27. The molecule has 1 aromatic heterocycles. The van der Waals surface area contributed by atoms with Crippen molar-refractivity contribution in [1.82, 2.24) is 9.97 Å². The third-order valence-electron chi connectivity index (χ3n) is 2.67. The zero-order valence-electron chi connectivity index (χ0n) is 10.3. The minimum Gasteiger partial charge on any atom is -0.472 e. The van der Waals surface area contributed by atoms with E-state index in [9.17, 15) is 10.1 Å². The Bertz CT molecular complexity index is 434. The fourth-order valence-corrected chi connectivity index (χ4v) is 1.49. The molecule has 0 amide bonds. The molecule has 1 fully saturated rings. The van der Waals surface area contributed by atoms with Crippen molar-refractivity contribution in [2.24, 2.45) is 5.92 Å². The van der Waals surface area contributed by atoms with Crippen LogP contribution in [0.25, 0.3) is 0 Å². The molecule has 0 aromatic carbocycles. The molecule has 0 bridgehead atoms. The van der Waals surface area contributed by atoms with E-state index in [4.69, 9.17) is 4.74 Å². The van der Waals surface area contributed by atoms with Gasteiger partial charge in [-0.1, -0.05) is 6.92 Å². The van der Waals surface area contributed by atoms with E-state index in [0.717, 1.165) is 19.3 Å². The quantitative estimate of drug-likeness (QED) is 0.589. The number of nitro groups is 1. The average molecular weight is 252 g/mol. The van der Waals surface area contributed by atoms with Gasteiger partial charge in [-0.3, -0.25) is 10.1 Å². The van der Waals surface area contributed by atoms with Crippen molar-refractivity contribution < 1.29 is 9.66 Å². The predicted octanol–water partition coefficient (Wildman–Crippen LogP) is 2.00. The maximum atomic E-state index is 11.1. The van der Waals surface area contributed by atoms with Crippen LogP contribution in [-0.4, -0.2) is 28.0 Å².